The van der Waals surface area contributed by atoms with Gasteiger partial charge >= 0.3 is 5.97 Å². The Bertz CT molecular complexity index is 1380. The predicted molar refractivity (Wildman–Crippen MR) is 188 cm³/mol. The van der Waals surface area contributed by atoms with E-state index in [9.17, 15) is 24.3 Å². The van der Waals surface area contributed by atoms with Crippen LogP contribution >= 0.6 is 0 Å². The Morgan fingerprint density at radius 2 is 1.84 bits per heavy atom. The summed E-state index contributed by atoms with van der Waals surface area (Å²) in [5.74, 6) is -3.36. The van der Waals surface area contributed by atoms with Crippen molar-refractivity contribution < 1.29 is 33.8 Å². The summed E-state index contributed by atoms with van der Waals surface area (Å²) in [4.78, 5) is 59.9. The summed E-state index contributed by atoms with van der Waals surface area (Å²) in [6, 6.07) is 6.96. The molecule has 2 bridgehead atoms. The average Bonchev–Trinajstić information content (AvgIpc) is 3.68. The molecule has 0 aliphatic carbocycles. The minimum absolute atomic E-state index is 0.0963. The molecule has 2 N–H and O–H groups in total. The fraction of sp³-hybridized carbons (Fsp3) is 0.641. The molecule has 10 nitrogen and oxygen atoms in total. The second kappa shape index (κ2) is 15.2. The summed E-state index contributed by atoms with van der Waals surface area (Å²) in [6.07, 6.45) is 4.70. The first-order valence-corrected chi connectivity index (χ1v) is 17.8. The summed E-state index contributed by atoms with van der Waals surface area (Å²) in [5, 5.41) is 13.4. The Kier molecular flexibility index (Phi) is 11.9. The molecule has 0 saturated carbocycles. The summed E-state index contributed by atoms with van der Waals surface area (Å²) in [6.45, 7) is 21.6. The Hall–Kier alpha value is -3.50. The molecule has 10 heteroatoms. The first-order chi connectivity index (χ1) is 23.1. The van der Waals surface area contributed by atoms with Gasteiger partial charge in [-0.3, -0.25) is 19.2 Å². The lowest BCUT2D eigenvalue weighted by Gasteiger charge is -2.46. The van der Waals surface area contributed by atoms with Gasteiger partial charge in [0.25, 0.3) is 0 Å². The van der Waals surface area contributed by atoms with Gasteiger partial charge in [0.2, 0.25) is 17.7 Å². The molecule has 4 rings (SSSR count). The predicted octanol–water partition coefficient (Wildman–Crippen LogP) is 5.12. The molecule has 3 aliphatic heterocycles. The van der Waals surface area contributed by atoms with Gasteiger partial charge < -0.3 is 29.7 Å². The molecule has 0 unspecified atom stereocenters. The van der Waals surface area contributed by atoms with Crippen LogP contribution in [0.1, 0.15) is 98.7 Å². The highest BCUT2D eigenvalue weighted by Gasteiger charge is 2.76. The van der Waals surface area contributed by atoms with Crippen LogP contribution in [0.3, 0.4) is 0 Å². The number of aliphatic hydroxyl groups excluding tert-OH is 1. The maximum absolute atomic E-state index is 15.0. The standard InChI is InChI=1S/C39H57N3O7/c1-10-13-19-29(44)40-25(4)32(26-17-15-14-16-18-26)48-36(47)30-28-20-21-39(49-28)31(30)34(45)42(27(12-3)23-43)33(39)35(46)41(22-11-2)38(8,9)24-37(5,6)7/h10-11,14-18,25,27-28,30-33,43H,1-2,12-13,19-24H2,3-9H3,(H,40,44)/t25-,27-,28-,30+,31+,32-,33-,39+/m0/s1. The molecule has 1 aromatic carbocycles. The Morgan fingerprint density at radius 3 is 2.41 bits per heavy atom. The number of hydrogen-bond donors (Lipinski definition) is 2. The first kappa shape index (κ1) is 38.3. The zero-order chi connectivity index (χ0) is 36.3. The first-order valence-electron chi connectivity index (χ1n) is 17.8. The highest BCUT2D eigenvalue weighted by atomic mass is 16.6. The third-order valence-electron chi connectivity index (χ3n) is 10.4. The minimum atomic E-state index is -1.25. The number of aliphatic hydroxyl groups is 1. The van der Waals surface area contributed by atoms with Crippen LogP contribution in [-0.4, -0.2) is 87.1 Å². The van der Waals surface area contributed by atoms with Crippen LogP contribution in [0.5, 0.6) is 0 Å². The van der Waals surface area contributed by atoms with Crippen LogP contribution in [0.15, 0.2) is 55.6 Å². The zero-order valence-electron chi connectivity index (χ0n) is 30.4. The van der Waals surface area contributed by atoms with E-state index in [4.69, 9.17) is 9.47 Å². The number of esters is 1. The molecule has 3 heterocycles. The van der Waals surface area contributed by atoms with E-state index < -0.39 is 59.3 Å². The number of allylic oxidation sites excluding steroid dienone is 1. The van der Waals surface area contributed by atoms with E-state index >= 15 is 0 Å². The molecule has 3 fully saturated rings. The number of amides is 3. The number of carbonyl (C=O) groups is 4. The second-order valence-corrected chi connectivity index (χ2v) is 15.8. The molecule has 270 valence electrons. The minimum Gasteiger partial charge on any atom is -0.455 e. The summed E-state index contributed by atoms with van der Waals surface area (Å²) >= 11 is 0. The quantitative estimate of drug-likeness (QED) is 0.184. The molecule has 1 spiro atoms. The molecule has 8 atom stereocenters. The van der Waals surface area contributed by atoms with Gasteiger partial charge in [-0.05, 0) is 63.9 Å². The normalized spacial score (nSPS) is 26.4. The van der Waals surface area contributed by atoms with Crippen molar-refractivity contribution in [2.45, 2.75) is 128 Å². The van der Waals surface area contributed by atoms with Crippen molar-refractivity contribution in [3.8, 4) is 0 Å². The molecule has 1 aromatic rings. The van der Waals surface area contributed by atoms with Crippen molar-refractivity contribution in [1.82, 2.24) is 15.1 Å². The monoisotopic (exact) mass is 679 g/mol. The van der Waals surface area contributed by atoms with Gasteiger partial charge in [-0.2, -0.15) is 0 Å². The topological polar surface area (TPSA) is 125 Å². The third kappa shape index (κ3) is 7.65. The lowest BCUT2D eigenvalue weighted by molar-refractivity contribution is -0.163. The second-order valence-electron chi connectivity index (χ2n) is 15.8. The zero-order valence-corrected chi connectivity index (χ0v) is 30.4. The number of benzene rings is 1. The largest absolute Gasteiger partial charge is 0.455 e. The van der Waals surface area contributed by atoms with Crippen molar-refractivity contribution in [2.75, 3.05) is 13.2 Å². The average molecular weight is 680 g/mol. The van der Waals surface area contributed by atoms with E-state index in [1.807, 2.05) is 51.1 Å². The molecular formula is C39H57N3O7. The fourth-order valence-electron chi connectivity index (χ4n) is 8.69. The number of carbonyl (C=O) groups excluding carboxylic acids is 4. The van der Waals surface area contributed by atoms with Crippen molar-refractivity contribution in [2.24, 2.45) is 17.3 Å². The summed E-state index contributed by atoms with van der Waals surface area (Å²) in [7, 11) is 0. The third-order valence-corrected chi connectivity index (χ3v) is 10.4. The van der Waals surface area contributed by atoms with Crippen LogP contribution in [0.2, 0.25) is 0 Å². The van der Waals surface area contributed by atoms with Crippen LogP contribution < -0.4 is 5.32 Å². The van der Waals surface area contributed by atoms with E-state index in [-0.39, 0.29) is 42.7 Å². The Labute approximate surface area is 292 Å². The van der Waals surface area contributed by atoms with Crippen molar-refractivity contribution >= 4 is 23.7 Å². The summed E-state index contributed by atoms with van der Waals surface area (Å²) < 4.78 is 12.9. The molecule has 0 aromatic heterocycles. The number of nitrogens with one attached hydrogen (secondary N) is 1. The molecular weight excluding hydrogens is 622 g/mol. The van der Waals surface area contributed by atoms with Gasteiger partial charge in [-0.1, -0.05) is 70.2 Å². The molecule has 3 amide bonds. The van der Waals surface area contributed by atoms with Crippen molar-refractivity contribution in [3.63, 3.8) is 0 Å². The number of rotatable bonds is 16. The molecule has 49 heavy (non-hydrogen) atoms. The summed E-state index contributed by atoms with van der Waals surface area (Å²) in [5.41, 5.74) is -1.25. The van der Waals surface area contributed by atoms with E-state index in [2.05, 4.69) is 39.2 Å². The van der Waals surface area contributed by atoms with Crippen LogP contribution in [0.25, 0.3) is 0 Å². The number of fused-ring (bicyclic) bond motifs is 1. The number of ether oxygens (including phenoxy) is 2. The van der Waals surface area contributed by atoms with E-state index in [1.165, 1.54) is 4.90 Å². The lowest BCUT2D eigenvalue weighted by atomic mass is 9.70. The van der Waals surface area contributed by atoms with Gasteiger partial charge in [0.15, 0.2) is 0 Å². The van der Waals surface area contributed by atoms with E-state index in [1.54, 1.807) is 24.0 Å². The van der Waals surface area contributed by atoms with Gasteiger partial charge in [-0.15, -0.1) is 13.2 Å². The highest BCUT2D eigenvalue weighted by Crippen LogP contribution is 2.59. The molecule has 3 saturated heterocycles. The Balaban J connectivity index is 1.72. The molecule has 0 radical (unpaired) electrons. The van der Waals surface area contributed by atoms with Gasteiger partial charge in [0.05, 0.1) is 36.6 Å². The number of likely N-dealkylation sites (tertiary alicyclic amines) is 1. The smallest absolute Gasteiger partial charge is 0.313 e. The highest BCUT2D eigenvalue weighted by molar-refractivity contribution is 5.98. The maximum atomic E-state index is 15.0. The van der Waals surface area contributed by atoms with E-state index in [0.717, 1.165) is 0 Å². The van der Waals surface area contributed by atoms with E-state index in [0.29, 0.717) is 37.7 Å². The van der Waals surface area contributed by atoms with Crippen molar-refractivity contribution in [3.05, 3.63) is 61.2 Å². The van der Waals surface area contributed by atoms with Crippen LogP contribution in [0.4, 0.5) is 0 Å². The SMILES string of the molecule is C=CCCC(=O)N[C@@H](C)[C@H](OC(=O)[C@@H]1[C@@H]2CC[C@]3(O2)[C@H](C(=O)N(CC=C)C(C)(C)CC(C)(C)C)N([C@@H](CC)CO)C(=O)[C@@H]13)c1ccccc1. The number of nitrogens with zero attached hydrogens (tertiary/aromatic N) is 2. The lowest BCUT2D eigenvalue weighted by Crippen LogP contribution is -2.62. The Morgan fingerprint density at radius 1 is 1.16 bits per heavy atom. The van der Waals surface area contributed by atoms with Gasteiger partial charge in [0, 0.05) is 18.5 Å². The van der Waals surface area contributed by atoms with Gasteiger partial charge in [-0.25, -0.2) is 0 Å². The molecule has 3 aliphatic rings. The maximum Gasteiger partial charge on any atom is 0.313 e. The van der Waals surface area contributed by atoms with Crippen molar-refractivity contribution in [1.29, 1.82) is 0 Å². The fourth-order valence-corrected chi connectivity index (χ4v) is 8.69. The van der Waals surface area contributed by atoms with Crippen LogP contribution in [0, 0.1) is 17.3 Å². The van der Waals surface area contributed by atoms with Crippen LogP contribution in [-0.2, 0) is 28.7 Å². The number of hydrogen-bond acceptors (Lipinski definition) is 7. The van der Waals surface area contributed by atoms with Gasteiger partial charge in [0.1, 0.15) is 17.7 Å².